The number of carbonyl (C=O) groups excluding carboxylic acids is 2. The maximum absolute atomic E-state index is 12.4. The molecule has 2 aromatic rings. The average molecular weight is 470 g/mol. The summed E-state index contributed by atoms with van der Waals surface area (Å²) in [4.78, 5) is 28.6. The number of hydrogen-bond donors (Lipinski definition) is 2. The molecule has 0 radical (unpaired) electrons. The molecule has 12 heteroatoms. The first-order chi connectivity index (χ1) is 15.3. The Labute approximate surface area is 187 Å². The zero-order valence-corrected chi connectivity index (χ0v) is 18.4. The van der Waals surface area contributed by atoms with Crippen LogP contribution in [0.3, 0.4) is 0 Å². The van der Waals surface area contributed by atoms with Gasteiger partial charge in [-0.25, -0.2) is 0 Å². The van der Waals surface area contributed by atoms with E-state index in [1.807, 2.05) is 7.05 Å². The number of nitrogens with one attached hydrogen (secondary N) is 2. The number of alkyl halides is 3. The van der Waals surface area contributed by atoms with Gasteiger partial charge in [0.25, 0.3) is 5.89 Å². The molecular formula is C21H25F3N4O5. The molecule has 9 nitrogen and oxygen atoms in total. The molecule has 33 heavy (non-hydrogen) atoms. The van der Waals surface area contributed by atoms with Crippen molar-refractivity contribution in [1.82, 2.24) is 15.5 Å². The second kappa shape index (κ2) is 9.38. The van der Waals surface area contributed by atoms with E-state index in [1.165, 1.54) is 24.3 Å². The molecule has 3 atom stereocenters. The van der Waals surface area contributed by atoms with Crippen molar-refractivity contribution in [2.45, 2.75) is 51.6 Å². The summed E-state index contributed by atoms with van der Waals surface area (Å²) < 4.78 is 46.1. The van der Waals surface area contributed by atoms with E-state index in [2.05, 4.69) is 20.2 Å². The Balaban J connectivity index is 1.60. The topological polar surface area (TPSA) is 122 Å². The molecule has 1 amide bonds. The van der Waals surface area contributed by atoms with Crippen LogP contribution in [-0.2, 0) is 9.59 Å². The summed E-state index contributed by atoms with van der Waals surface area (Å²) >= 11 is 0. The second-order valence-corrected chi connectivity index (χ2v) is 9.02. The van der Waals surface area contributed by atoms with Crippen molar-refractivity contribution in [2.24, 2.45) is 5.41 Å². The highest BCUT2D eigenvalue weighted by molar-refractivity contribution is 5.78. The molecule has 1 saturated heterocycles. The summed E-state index contributed by atoms with van der Waals surface area (Å²) in [6, 6.07) is 4.80. The van der Waals surface area contributed by atoms with Gasteiger partial charge in [-0.05, 0) is 36.1 Å². The van der Waals surface area contributed by atoms with Gasteiger partial charge in [-0.3, -0.25) is 4.79 Å². The van der Waals surface area contributed by atoms with Gasteiger partial charge >= 0.3 is 6.36 Å². The Bertz CT molecular complexity index is 991. The number of ether oxygens (including phenoxy) is 1. The largest absolute Gasteiger partial charge is 0.573 e. The highest BCUT2D eigenvalue weighted by atomic mass is 19.4. The Morgan fingerprint density at radius 1 is 1.24 bits per heavy atom. The number of nitrogens with zero attached hydrogens (tertiary/aromatic N) is 2. The lowest BCUT2D eigenvalue weighted by molar-refractivity contribution is -0.900. The lowest BCUT2D eigenvalue weighted by Gasteiger charge is -2.24. The third kappa shape index (κ3) is 6.91. The van der Waals surface area contributed by atoms with E-state index in [9.17, 15) is 27.9 Å². The van der Waals surface area contributed by atoms with Crippen molar-refractivity contribution in [2.75, 3.05) is 13.6 Å². The Morgan fingerprint density at radius 3 is 2.52 bits per heavy atom. The minimum atomic E-state index is -4.77. The number of likely N-dealkylation sites (N-methyl/N-ethyl adjacent to an activating group) is 1. The number of amides is 1. The van der Waals surface area contributed by atoms with Gasteiger partial charge in [0.15, 0.2) is 6.04 Å². The number of carboxylic acid groups (broad SMARTS) is 1. The quantitative estimate of drug-likeness (QED) is 0.581. The number of halogens is 3. The molecular weight excluding hydrogens is 445 g/mol. The third-order valence-corrected chi connectivity index (χ3v) is 5.40. The van der Waals surface area contributed by atoms with E-state index in [1.54, 1.807) is 13.8 Å². The minimum Gasteiger partial charge on any atom is -0.550 e. The van der Waals surface area contributed by atoms with Gasteiger partial charge in [0.1, 0.15) is 5.75 Å². The Kier molecular flexibility index (Phi) is 6.96. The fourth-order valence-corrected chi connectivity index (χ4v) is 3.99. The van der Waals surface area contributed by atoms with Gasteiger partial charge in [0.2, 0.25) is 11.7 Å². The van der Waals surface area contributed by atoms with Crippen molar-refractivity contribution < 1.29 is 42.0 Å². The summed E-state index contributed by atoms with van der Waals surface area (Å²) in [5, 5.41) is 17.7. The van der Waals surface area contributed by atoms with Gasteiger partial charge in [-0.1, -0.05) is 19.0 Å². The number of carbonyl (C=O) groups is 2. The van der Waals surface area contributed by atoms with Crippen LogP contribution in [-0.4, -0.2) is 48.0 Å². The zero-order valence-electron chi connectivity index (χ0n) is 18.4. The van der Waals surface area contributed by atoms with E-state index in [0.717, 1.165) is 4.90 Å². The number of rotatable bonds is 8. The van der Waals surface area contributed by atoms with E-state index >= 15 is 0 Å². The van der Waals surface area contributed by atoms with Crippen LogP contribution in [0.5, 0.6) is 5.75 Å². The molecule has 1 aromatic carbocycles. The van der Waals surface area contributed by atoms with Crippen molar-refractivity contribution in [3.05, 3.63) is 30.2 Å². The van der Waals surface area contributed by atoms with Gasteiger partial charge in [0.05, 0.1) is 19.6 Å². The molecule has 180 valence electrons. The normalized spacial score (nSPS) is 21.1. The molecule has 2 heterocycles. The van der Waals surface area contributed by atoms with E-state index in [-0.39, 0.29) is 42.4 Å². The number of likely N-dealkylation sites (tertiary alicyclic amines) is 1. The van der Waals surface area contributed by atoms with Crippen molar-refractivity contribution >= 4 is 11.9 Å². The SMILES string of the molecule is C[NH+]1C[C@@H](NC(=O)CC(C)(C)CC(=O)[O-])C[C@H]1c1nc(-c2ccc(OC(F)(F)F)cc2)no1. The van der Waals surface area contributed by atoms with Gasteiger partial charge in [-0.15, -0.1) is 13.2 Å². The molecule has 1 aromatic heterocycles. The summed E-state index contributed by atoms with van der Waals surface area (Å²) in [6.07, 6.45) is -4.39. The molecule has 1 aliphatic heterocycles. The summed E-state index contributed by atoms with van der Waals surface area (Å²) in [5.41, 5.74) is -0.253. The molecule has 1 fully saturated rings. The lowest BCUT2D eigenvalue weighted by Crippen LogP contribution is -3.07. The molecule has 0 aliphatic carbocycles. The molecule has 0 saturated carbocycles. The monoisotopic (exact) mass is 470 g/mol. The minimum absolute atomic E-state index is 0.0555. The maximum Gasteiger partial charge on any atom is 0.573 e. The molecule has 1 unspecified atom stereocenters. The predicted molar refractivity (Wildman–Crippen MR) is 105 cm³/mol. The average Bonchev–Trinajstić information content (AvgIpc) is 3.26. The highest BCUT2D eigenvalue weighted by Gasteiger charge is 2.39. The fourth-order valence-electron chi connectivity index (χ4n) is 3.99. The Morgan fingerprint density at radius 2 is 1.91 bits per heavy atom. The van der Waals surface area contributed by atoms with Crippen molar-refractivity contribution in [3.8, 4) is 17.1 Å². The summed E-state index contributed by atoms with van der Waals surface area (Å²) in [7, 11) is 1.92. The summed E-state index contributed by atoms with van der Waals surface area (Å²) in [5.74, 6) is -1.21. The van der Waals surface area contributed by atoms with Crippen LogP contribution < -0.4 is 20.1 Å². The molecule has 0 spiro atoms. The van der Waals surface area contributed by atoms with Crippen LogP contribution in [0.4, 0.5) is 13.2 Å². The lowest BCUT2D eigenvalue weighted by atomic mass is 9.85. The van der Waals surface area contributed by atoms with Crippen LogP contribution in [0.15, 0.2) is 28.8 Å². The number of aliphatic carboxylic acids is 1. The highest BCUT2D eigenvalue weighted by Crippen LogP contribution is 2.27. The standard InChI is InChI=1S/C21H25F3N4O5/c1-20(2,10-17(30)31)9-16(29)25-13-8-15(28(3)11-13)19-26-18(27-33-19)12-4-6-14(7-5-12)32-21(22,23)24/h4-7,13,15H,8-11H2,1-3H3,(H,25,29)(H,30,31)/t13-,15-/m0/s1. The van der Waals surface area contributed by atoms with Crippen LogP contribution in [0, 0.1) is 5.41 Å². The maximum atomic E-state index is 12.4. The smallest absolute Gasteiger partial charge is 0.550 e. The number of benzene rings is 1. The van der Waals surface area contributed by atoms with Crippen molar-refractivity contribution in [3.63, 3.8) is 0 Å². The number of quaternary nitrogens is 1. The first-order valence-corrected chi connectivity index (χ1v) is 10.3. The van der Waals surface area contributed by atoms with E-state index < -0.39 is 17.7 Å². The second-order valence-electron chi connectivity index (χ2n) is 9.02. The van der Waals surface area contributed by atoms with Gasteiger partial charge < -0.3 is 29.4 Å². The Hall–Kier alpha value is -3.15. The zero-order chi connectivity index (χ0) is 24.4. The van der Waals surface area contributed by atoms with Crippen molar-refractivity contribution in [1.29, 1.82) is 0 Å². The van der Waals surface area contributed by atoms with Crippen LogP contribution in [0.1, 0.15) is 45.0 Å². The van der Waals surface area contributed by atoms with Crippen LogP contribution in [0.25, 0.3) is 11.4 Å². The first-order valence-electron chi connectivity index (χ1n) is 10.3. The molecule has 0 bridgehead atoms. The summed E-state index contributed by atoms with van der Waals surface area (Å²) in [6.45, 7) is 4.00. The molecule has 2 N–H and O–H groups in total. The number of hydrogen-bond acceptors (Lipinski definition) is 7. The predicted octanol–water partition coefficient (Wildman–Crippen LogP) is 0.636. The third-order valence-electron chi connectivity index (χ3n) is 5.40. The van der Waals surface area contributed by atoms with Gasteiger partial charge in [0, 0.05) is 24.4 Å². The fraction of sp³-hybridized carbons (Fsp3) is 0.524. The number of carboxylic acids is 1. The van der Waals surface area contributed by atoms with Crippen LogP contribution in [0.2, 0.25) is 0 Å². The first kappa shape index (κ1) is 24.5. The van der Waals surface area contributed by atoms with Crippen LogP contribution >= 0.6 is 0 Å². The van der Waals surface area contributed by atoms with E-state index in [4.69, 9.17) is 4.52 Å². The number of aromatic nitrogens is 2. The van der Waals surface area contributed by atoms with Gasteiger partial charge in [-0.2, -0.15) is 4.98 Å². The van der Waals surface area contributed by atoms with E-state index in [0.29, 0.717) is 24.4 Å². The molecule has 3 rings (SSSR count). The molecule has 1 aliphatic rings.